The molecule has 10 heavy (non-hydrogen) atoms. The molecule has 0 radical (unpaired) electrons. The lowest BCUT2D eigenvalue weighted by atomic mass is 9.91. The van der Waals surface area contributed by atoms with E-state index >= 15 is 0 Å². The quantitative estimate of drug-likeness (QED) is 0.637. The maximum Gasteiger partial charge on any atom is 0.217 e. The Kier molecular flexibility index (Phi) is 4.08. The Bertz CT molecular complexity index is 112. The molecule has 60 valence electrons. The highest BCUT2D eigenvalue weighted by atomic mass is 16.1. The molecule has 2 heteroatoms. The maximum absolute atomic E-state index is 10.5. The van der Waals surface area contributed by atoms with Crippen LogP contribution in [0.25, 0.3) is 0 Å². The van der Waals surface area contributed by atoms with Gasteiger partial charge in [-0.15, -0.1) is 0 Å². The van der Waals surface area contributed by atoms with Gasteiger partial charge in [0.25, 0.3) is 0 Å². The Hall–Kier alpha value is -0.530. The van der Waals surface area contributed by atoms with Gasteiger partial charge in [0, 0.05) is 6.42 Å². The smallest absolute Gasteiger partial charge is 0.217 e. The van der Waals surface area contributed by atoms with Gasteiger partial charge in [0.05, 0.1) is 0 Å². The highest BCUT2D eigenvalue weighted by Gasteiger charge is 2.11. The number of rotatable bonds is 4. The van der Waals surface area contributed by atoms with Crippen molar-refractivity contribution in [3.63, 3.8) is 0 Å². The van der Waals surface area contributed by atoms with Gasteiger partial charge in [-0.2, -0.15) is 0 Å². The summed E-state index contributed by atoms with van der Waals surface area (Å²) in [4.78, 5) is 10.5. The van der Waals surface area contributed by atoms with Crippen molar-refractivity contribution >= 4 is 5.91 Å². The fourth-order valence-corrected chi connectivity index (χ4v) is 0.921. The van der Waals surface area contributed by atoms with E-state index in [1.807, 2.05) is 0 Å². The summed E-state index contributed by atoms with van der Waals surface area (Å²) in [7, 11) is 0. The molecule has 0 fully saturated rings. The van der Waals surface area contributed by atoms with E-state index in [-0.39, 0.29) is 5.91 Å². The molecule has 0 saturated carbocycles. The number of carbonyl (C=O) groups excluding carboxylic acids is 1. The number of carbonyl (C=O) groups is 1. The van der Waals surface area contributed by atoms with Gasteiger partial charge >= 0.3 is 0 Å². The van der Waals surface area contributed by atoms with E-state index in [0.29, 0.717) is 18.3 Å². The van der Waals surface area contributed by atoms with E-state index in [9.17, 15) is 4.79 Å². The van der Waals surface area contributed by atoms with Gasteiger partial charge in [-0.05, 0) is 11.8 Å². The molecule has 0 saturated heterocycles. The van der Waals surface area contributed by atoms with Crippen LogP contribution in [0.3, 0.4) is 0 Å². The highest BCUT2D eigenvalue weighted by Crippen LogP contribution is 2.16. The first-order chi connectivity index (χ1) is 4.57. The summed E-state index contributed by atoms with van der Waals surface area (Å²) in [5, 5.41) is 0. The summed E-state index contributed by atoms with van der Waals surface area (Å²) >= 11 is 0. The second kappa shape index (κ2) is 4.31. The van der Waals surface area contributed by atoms with Crippen LogP contribution >= 0.6 is 0 Å². The van der Waals surface area contributed by atoms with E-state index in [1.54, 1.807) is 0 Å². The number of hydrogen-bond donors (Lipinski definition) is 1. The minimum atomic E-state index is -0.187. The average molecular weight is 143 g/mol. The predicted octanol–water partition coefficient (Wildman–Crippen LogP) is 1.54. The Morgan fingerprint density at radius 1 is 1.40 bits per heavy atom. The molecule has 0 rings (SSSR count). The van der Waals surface area contributed by atoms with Gasteiger partial charge in [0.1, 0.15) is 0 Å². The number of primary amides is 1. The van der Waals surface area contributed by atoms with Gasteiger partial charge in [0.15, 0.2) is 0 Å². The van der Waals surface area contributed by atoms with Crippen molar-refractivity contribution in [2.45, 2.75) is 33.6 Å². The Morgan fingerprint density at radius 3 is 2.20 bits per heavy atom. The summed E-state index contributed by atoms with van der Waals surface area (Å²) in [6.07, 6.45) is 1.64. The Morgan fingerprint density at radius 2 is 1.90 bits per heavy atom. The molecule has 2 atom stereocenters. The molecular weight excluding hydrogens is 126 g/mol. The normalized spacial score (nSPS) is 16.3. The van der Waals surface area contributed by atoms with Crippen LogP contribution in [0.1, 0.15) is 33.6 Å². The largest absolute Gasteiger partial charge is 0.370 e. The summed E-state index contributed by atoms with van der Waals surface area (Å²) in [6, 6.07) is 0. The summed E-state index contributed by atoms with van der Waals surface area (Å²) in [5.74, 6) is 0.850. The van der Waals surface area contributed by atoms with Crippen LogP contribution in [0.15, 0.2) is 0 Å². The summed E-state index contributed by atoms with van der Waals surface area (Å²) in [6.45, 7) is 6.34. The highest BCUT2D eigenvalue weighted by molar-refractivity contribution is 5.73. The van der Waals surface area contributed by atoms with Gasteiger partial charge in [0.2, 0.25) is 5.91 Å². The first kappa shape index (κ1) is 9.47. The molecule has 0 spiro atoms. The van der Waals surface area contributed by atoms with Crippen LogP contribution in [0.2, 0.25) is 0 Å². The van der Waals surface area contributed by atoms with Crippen molar-refractivity contribution in [1.29, 1.82) is 0 Å². The lowest BCUT2D eigenvalue weighted by Gasteiger charge is -2.15. The lowest BCUT2D eigenvalue weighted by Crippen LogP contribution is -2.18. The van der Waals surface area contributed by atoms with Crippen molar-refractivity contribution in [1.82, 2.24) is 0 Å². The Labute approximate surface area is 62.8 Å². The van der Waals surface area contributed by atoms with Crippen molar-refractivity contribution in [3.05, 3.63) is 0 Å². The molecule has 0 aliphatic rings. The Balaban J connectivity index is 3.61. The zero-order chi connectivity index (χ0) is 8.15. The van der Waals surface area contributed by atoms with Crippen molar-refractivity contribution in [3.8, 4) is 0 Å². The molecule has 0 aliphatic heterocycles. The molecule has 0 aromatic heterocycles. The number of hydrogen-bond acceptors (Lipinski definition) is 1. The van der Waals surface area contributed by atoms with Gasteiger partial charge in [-0.3, -0.25) is 4.79 Å². The minimum Gasteiger partial charge on any atom is -0.370 e. The molecule has 0 aromatic carbocycles. The van der Waals surface area contributed by atoms with E-state index in [1.165, 1.54) is 0 Å². The minimum absolute atomic E-state index is 0.187. The molecule has 0 aliphatic carbocycles. The van der Waals surface area contributed by atoms with Crippen molar-refractivity contribution in [2.75, 3.05) is 0 Å². The van der Waals surface area contributed by atoms with Crippen LogP contribution in [0, 0.1) is 11.8 Å². The molecular formula is C8H17NO. The van der Waals surface area contributed by atoms with E-state index in [2.05, 4.69) is 20.8 Å². The monoisotopic (exact) mass is 143 g/mol. The first-order valence-corrected chi connectivity index (χ1v) is 3.86. The maximum atomic E-state index is 10.5. The zero-order valence-electron chi connectivity index (χ0n) is 7.05. The van der Waals surface area contributed by atoms with Crippen LogP contribution in [0.4, 0.5) is 0 Å². The van der Waals surface area contributed by atoms with Gasteiger partial charge in [-0.1, -0.05) is 27.2 Å². The molecule has 0 aromatic rings. The van der Waals surface area contributed by atoms with Gasteiger partial charge in [-0.25, -0.2) is 0 Å². The third-order valence-electron chi connectivity index (χ3n) is 2.14. The average Bonchev–Trinajstić information content (AvgIpc) is 1.85. The second-order valence-electron chi connectivity index (χ2n) is 3.03. The van der Waals surface area contributed by atoms with Crippen LogP contribution in [-0.4, -0.2) is 5.91 Å². The fraction of sp³-hybridized carbons (Fsp3) is 0.875. The van der Waals surface area contributed by atoms with Crippen LogP contribution in [0.5, 0.6) is 0 Å². The van der Waals surface area contributed by atoms with Crippen LogP contribution < -0.4 is 5.73 Å². The summed E-state index contributed by atoms with van der Waals surface area (Å²) in [5.41, 5.74) is 5.05. The first-order valence-electron chi connectivity index (χ1n) is 3.86. The van der Waals surface area contributed by atoms with Crippen molar-refractivity contribution in [2.24, 2.45) is 17.6 Å². The van der Waals surface area contributed by atoms with Crippen molar-refractivity contribution < 1.29 is 4.79 Å². The SMILES string of the molecule is CCC(C)C(C)CC(N)=O. The summed E-state index contributed by atoms with van der Waals surface area (Å²) < 4.78 is 0. The van der Waals surface area contributed by atoms with Crippen LogP contribution in [-0.2, 0) is 4.79 Å². The standard InChI is InChI=1S/C8H17NO/c1-4-6(2)7(3)5-8(9)10/h6-7H,4-5H2,1-3H3,(H2,9,10). The van der Waals surface area contributed by atoms with E-state index in [0.717, 1.165) is 6.42 Å². The molecule has 2 N–H and O–H groups in total. The molecule has 0 heterocycles. The lowest BCUT2D eigenvalue weighted by molar-refractivity contribution is -0.119. The molecule has 1 amide bonds. The topological polar surface area (TPSA) is 43.1 Å². The third-order valence-corrected chi connectivity index (χ3v) is 2.14. The number of amides is 1. The molecule has 2 nitrogen and oxygen atoms in total. The molecule has 2 unspecified atom stereocenters. The number of nitrogens with two attached hydrogens (primary N) is 1. The third kappa shape index (κ3) is 3.49. The fourth-order valence-electron chi connectivity index (χ4n) is 0.921. The van der Waals surface area contributed by atoms with E-state index in [4.69, 9.17) is 5.73 Å². The second-order valence-corrected chi connectivity index (χ2v) is 3.03. The van der Waals surface area contributed by atoms with Gasteiger partial charge < -0.3 is 5.73 Å². The van der Waals surface area contributed by atoms with E-state index < -0.39 is 0 Å². The zero-order valence-corrected chi connectivity index (χ0v) is 7.05. The molecule has 0 bridgehead atoms. The predicted molar refractivity (Wildman–Crippen MR) is 42.4 cm³/mol.